The van der Waals surface area contributed by atoms with Crippen LogP contribution in [0.2, 0.25) is 0 Å². The number of carbonyl (C=O) groups is 1. The summed E-state index contributed by atoms with van der Waals surface area (Å²) in [5.41, 5.74) is 0.661. The van der Waals surface area contributed by atoms with Crippen molar-refractivity contribution < 1.29 is 14.3 Å². The number of benzene rings is 1. The number of carbonyl (C=O) groups excluding carboxylic acids is 1. The molecule has 6 rings (SSSR count). The fourth-order valence-corrected chi connectivity index (χ4v) is 4.29. The summed E-state index contributed by atoms with van der Waals surface area (Å²) in [5, 5.41) is 0. The molecule has 27 heavy (non-hydrogen) atoms. The van der Waals surface area contributed by atoms with Crippen LogP contribution in [0.15, 0.2) is 36.7 Å². The molecule has 7 nitrogen and oxygen atoms in total. The van der Waals surface area contributed by atoms with Gasteiger partial charge in [0.25, 0.3) is 5.91 Å². The normalized spacial score (nSPS) is 23.9. The number of hydrogen-bond donors (Lipinski definition) is 0. The van der Waals surface area contributed by atoms with Gasteiger partial charge < -0.3 is 19.3 Å². The van der Waals surface area contributed by atoms with Gasteiger partial charge in [-0.1, -0.05) is 0 Å². The molecule has 3 fully saturated rings. The van der Waals surface area contributed by atoms with E-state index in [1.54, 1.807) is 12.4 Å². The molecule has 2 aromatic rings. The Balaban J connectivity index is 1.39. The van der Waals surface area contributed by atoms with Crippen LogP contribution in [0.5, 0.6) is 11.5 Å². The molecule has 0 N–H and O–H groups in total. The molecule has 3 saturated heterocycles. The lowest BCUT2D eigenvalue weighted by Crippen LogP contribution is -2.47. The lowest BCUT2D eigenvalue weighted by atomic mass is 9.94. The van der Waals surface area contributed by atoms with Gasteiger partial charge >= 0.3 is 0 Å². The Morgan fingerprint density at radius 3 is 2.67 bits per heavy atom. The Kier molecular flexibility index (Phi) is 4.07. The van der Waals surface area contributed by atoms with Crippen LogP contribution in [0.3, 0.4) is 0 Å². The van der Waals surface area contributed by atoms with E-state index in [4.69, 9.17) is 9.47 Å². The minimum atomic E-state index is 0.0671. The maximum absolute atomic E-state index is 13.3. The highest BCUT2D eigenvalue weighted by Gasteiger charge is 2.38. The molecular weight excluding hydrogens is 344 g/mol. The van der Waals surface area contributed by atoms with Crippen molar-refractivity contribution in [1.82, 2.24) is 14.9 Å². The van der Waals surface area contributed by atoms with E-state index in [9.17, 15) is 4.79 Å². The number of rotatable bonds is 2. The Bertz CT molecular complexity index is 844. The maximum Gasteiger partial charge on any atom is 0.254 e. The van der Waals surface area contributed by atoms with Crippen molar-refractivity contribution in [3.05, 3.63) is 42.2 Å². The number of fused-ring (bicyclic) bond motifs is 5. The van der Waals surface area contributed by atoms with Crippen molar-refractivity contribution in [2.24, 2.45) is 5.92 Å². The molecular formula is C20H22N4O3. The molecule has 2 unspecified atom stereocenters. The third-order valence-corrected chi connectivity index (χ3v) is 5.60. The Morgan fingerprint density at radius 1 is 1.00 bits per heavy atom. The smallest absolute Gasteiger partial charge is 0.254 e. The van der Waals surface area contributed by atoms with E-state index in [2.05, 4.69) is 14.9 Å². The Labute approximate surface area is 157 Å². The second kappa shape index (κ2) is 6.72. The number of aromatic nitrogens is 2. The fraction of sp³-hybridized carbons (Fsp3) is 0.450. The molecule has 0 radical (unpaired) electrons. The number of amides is 1. The Hall–Kier alpha value is -2.83. The zero-order chi connectivity index (χ0) is 18.2. The minimum absolute atomic E-state index is 0.0671. The number of hydrogen-bond acceptors (Lipinski definition) is 6. The van der Waals surface area contributed by atoms with Crippen molar-refractivity contribution in [3.8, 4) is 11.5 Å². The van der Waals surface area contributed by atoms with Gasteiger partial charge in [0.2, 0.25) is 5.95 Å². The summed E-state index contributed by atoms with van der Waals surface area (Å²) in [6.45, 7) is 3.52. The van der Waals surface area contributed by atoms with Crippen molar-refractivity contribution >= 4 is 11.9 Å². The largest absolute Gasteiger partial charge is 0.486 e. The predicted molar refractivity (Wildman–Crippen MR) is 99.2 cm³/mol. The summed E-state index contributed by atoms with van der Waals surface area (Å²) < 4.78 is 11.2. The van der Waals surface area contributed by atoms with Gasteiger partial charge in [0.1, 0.15) is 13.2 Å². The molecule has 1 aromatic heterocycles. The first-order chi connectivity index (χ1) is 13.3. The third-order valence-electron chi connectivity index (χ3n) is 5.60. The first-order valence-corrected chi connectivity index (χ1v) is 9.50. The van der Waals surface area contributed by atoms with E-state index in [-0.39, 0.29) is 11.9 Å². The van der Waals surface area contributed by atoms with Crippen LogP contribution in [-0.2, 0) is 0 Å². The second-order valence-corrected chi connectivity index (χ2v) is 7.37. The summed E-state index contributed by atoms with van der Waals surface area (Å²) in [5.74, 6) is 2.63. The molecule has 2 bridgehead atoms. The van der Waals surface area contributed by atoms with Gasteiger partial charge in [-0.15, -0.1) is 0 Å². The maximum atomic E-state index is 13.3. The number of piperidine rings is 1. The highest BCUT2D eigenvalue weighted by Crippen LogP contribution is 2.34. The summed E-state index contributed by atoms with van der Waals surface area (Å²) >= 11 is 0. The van der Waals surface area contributed by atoms with Gasteiger partial charge in [-0.3, -0.25) is 4.79 Å². The van der Waals surface area contributed by atoms with Crippen LogP contribution < -0.4 is 14.4 Å². The topological polar surface area (TPSA) is 67.8 Å². The van der Waals surface area contributed by atoms with E-state index < -0.39 is 0 Å². The average molecular weight is 366 g/mol. The van der Waals surface area contributed by atoms with Crippen LogP contribution in [-0.4, -0.2) is 59.7 Å². The molecule has 4 aliphatic heterocycles. The molecule has 0 saturated carbocycles. The fourth-order valence-electron chi connectivity index (χ4n) is 4.29. The number of nitrogens with zero attached hydrogens (tertiary/aromatic N) is 4. The highest BCUT2D eigenvalue weighted by atomic mass is 16.6. The number of ether oxygens (including phenoxy) is 2. The second-order valence-electron chi connectivity index (χ2n) is 7.37. The lowest BCUT2D eigenvalue weighted by Gasteiger charge is -2.36. The van der Waals surface area contributed by atoms with Crippen LogP contribution in [0.4, 0.5) is 5.95 Å². The van der Waals surface area contributed by atoms with Crippen molar-refractivity contribution in [2.75, 3.05) is 37.7 Å². The summed E-state index contributed by atoms with van der Waals surface area (Å²) in [6.07, 6.45) is 5.70. The van der Waals surface area contributed by atoms with Crippen LogP contribution in [0.25, 0.3) is 0 Å². The lowest BCUT2D eigenvalue weighted by molar-refractivity contribution is 0.0591. The monoisotopic (exact) mass is 366 g/mol. The highest BCUT2D eigenvalue weighted by molar-refractivity contribution is 5.95. The molecule has 0 aliphatic carbocycles. The van der Waals surface area contributed by atoms with Crippen LogP contribution in [0.1, 0.15) is 23.2 Å². The summed E-state index contributed by atoms with van der Waals surface area (Å²) in [7, 11) is 0. The predicted octanol–water partition coefficient (Wildman–Crippen LogP) is 1.99. The average Bonchev–Trinajstić information content (AvgIpc) is 3.06. The van der Waals surface area contributed by atoms with Crippen molar-refractivity contribution in [2.45, 2.75) is 18.9 Å². The molecule has 4 aliphatic rings. The molecule has 0 spiro atoms. The van der Waals surface area contributed by atoms with Crippen molar-refractivity contribution in [3.63, 3.8) is 0 Å². The van der Waals surface area contributed by atoms with E-state index in [1.165, 1.54) is 0 Å². The Morgan fingerprint density at radius 2 is 1.81 bits per heavy atom. The van der Waals surface area contributed by atoms with E-state index in [1.807, 2.05) is 29.2 Å². The van der Waals surface area contributed by atoms with E-state index in [0.29, 0.717) is 36.2 Å². The first kappa shape index (κ1) is 16.4. The SMILES string of the molecule is O=C(c1ccc2c(c1)OCCO2)N1CC2CCC1CN(c1ncccn1)C2. The minimum Gasteiger partial charge on any atom is -0.486 e. The van der Waals surface area contributed by atoms with E-state index in [0.717, 1.165) is 38.4 Å². The standard InChI is InChI=1S/C20H22N4O3/c25-19(15-3-5-17-18(10-15)27-9-8-26-17)24-12-14-2-4-16(24)13-23(11-14)20-21-6-1-7-22-20/h1,3,5-7,10,14,16H,2,4,8-9,11-13H2. The summed E-state index contributed by atoms with van der Waals surface area (Å²) in [4.78, 5) is 26.3. The van der Waals surface area contributed by atoms with Gasteiger partial charge in [0.15, 0.2) is 11.5 Å². The van der Waals surface area contributed by atoms with Gasteiger partial charge in [-0.05, 0) is 43.0 Å². The molecule has 1 amide bonds. The van der Waals surface area contributed by atoms with Crippen molar-refractivity contribution in [1.29, 1.82) is 0 Å². The van der Waals surface area contributed by atoms with Crippen LogP contribution in [0, 0.1) is 5.92 Å². The summed E-state index contributed by atoms with van der Waals surface area (Å²) in [6, 6.07) is 7.49. The number of anilines is 1. The molecule has 1 aromatic carbocycles. The first-order valence-electron chi connectivity index (χ1n) is 9.50. The zero-order valence-electron chi connectivity index (χ0n) is 15.1. The van der Waals surface area contributed by atoms with Gasteiger partial charge in [-0.25, -0.2) is 9.97 Å². The van der Waals surface area contributed by atoms with Gasteiger partial charge in [-0.2, -0.15) is 0 Å². The van der Waals surface area contributed by atoms with E-state index >= 15 is 0 Å². The third kappa shape index (κ3) is 3.07. The molecule has 2 atom stereocenters. The molecule has 140 valence electrons. The van der Waals surface area contributed by atoms with Crippen LogP contribution >= 0.6 is 0 Å². The molecule has 7 heteroatoms. The zero-order valence-corrected chi connectivity index (χ0v) is 15.1. The quantitative estimate of drug-likeness (QED) is 0.810. The van der Waals surface area contributed by atoms with Gasteiger partial charge in [0.05, 0.1) is 0 Å². The molecule has 5 heterocycles. The van der Waals surface area contributed by atoms with Gasteiger partial charge in [0, 0.05) is 43.6 Å².